The van der Waals surface area contributed by atoms with Gasteiger partial charge in [0.2, 0.25) is 0 Å². The maximum Gasteiger partial charge on any atom is 0.306 e. The molecule has 0 bridgehead atoms. The number of hydrogen-bond acceptors (Lipinski definition) is 6. The second-order valence-electron chi connectivity index (χ2n) is 20.6. The van der Waals surface area contributed by atoms with Crippen molar-refractivity contribution < 1.29 is 28.6 Å². The van der Waals surface area contributed by atoms with Crippen molar-refractivity contribution >= 4 is 17.9 Å². The third-order valence-corrected chi connectivity index (χ3v) is 13.5. The maximum absolute atomic E-state index is 12.9. The molecule has 0 aromatic heterocycles. The average molecular weight is 1010 g/mol. The van der Waals surface area contributed by atoms with Crippen LogP contribution in [0, 0.1) is 0 Å². The van der Waals surface area contributed by atoms with Gasteiger partial charge in [0, 0.05) is 19.3 Å². The molecule has 0 rings (SSSR count). The topological polar surface area (TPSA) is 78.9 Å². The summed E-state index contributed by atoms with van der Waals surface area (Å²) in [6, 6.07) is 0. The van der Waals surface area contributed by atoms with Gasteiger partial charge in [0.15, 0.2) is 6.10 Å². The molecule has 0 aliphatic carbocycles. The number of esters is 3. The van der Waals surface area contributed by atoms with Gasteiger partial charge in [-0.1, -0.05) is 293 Å². The number of rotatable bonds is 56. The van der Waals surface area contributed by atoms with Crippen LogP contribution in [0.25, 0.3) is 0 Å². The molecule has 0 aromatic carbocycles. The minimum atomic E-state index is -0.778. The summed E-state index contributed by atoms with van der Waals surface area (Å²) >= 11 is 0. The minimum absolute atomic E-state index is 0.0763. The predicted octanol–water partition coefficient (Wildman–Crippen LogP) is 20.9. The molecule has 72 heavy (non-hydrogen) atoms. The van der Waals surface area contributed by atoms with E-state index < -0.39 is 6.10 Å². The Balaban J connectivity index is 4.25. The van der Waals surface area contributed by atoms with E-state index in [0.717, 1.165) is 103 Å². The van der Waals surface area contributed by atoms with Crippen LogP contribution >= 0.6 is 0 Å². The molecule has 6 heteroatoms. The van der Waals surface area contributed by atoms with Crippen LogP contribution in [-0.2, 0) is 28.6 Å². The van der Waals surface area contributed by atoms with Gasteiger partial charge in [-0.25, -0.2) is 0 Å². The number of ether oxygens (including phenoxy) is 3. The predicted molar refractivity (Wildman–Crippen MR) is 311 cm³/mol. The van der Waals surface area contributed by atoms with Crippen LogP contribution in [0.4, 0.5) is 0 Å². The molecule has 416 valence electrons. The first kappa shape index (κ1) is 68.8. The van der Waals surface area contributed by atoms with Gasteiger partial charge in [0.1, 0.15) is 13.2 Å². The Kier molecular flexibility index (Phi) is 57.8. The van der Waals surface area contributed by atoms with Crippen LogP contribution in [-0.4, -0.2) is 37.2 Å². The summed E-state index contributed by atoms with van der Waals surface area (Å²) in [6.07, 6.45) is 77.7. The molecule has 0 N–H and O–H groups in total. The van der Waals surface area contributed by atoms with Gasteiger partial charge in [-0.15, -0.1) is 0 Å². The zero-order valence-electron chi connectivity index (χ0n) is 47.7. The monoisotopic (exact) mass is 1000 g/mol. The summed E-state index contributed by atoms with van der Waals surface area (Å²) in [5, 5.41) is 0. The number of carbonyl (C=O) groups excluding carboxylic acids is 3. The quantitative estimate of drug-likeness (QED) is 0.0261. The lowest BCUT2D eigenvalue weighted by atomic mass is 10.0. The average Bonchev–Trinajstić information content (AvgIpc) is 3.38. The highest BCUT2D eigenvalue weighted by Gasteiger charge is 2.19. The first-order chi connectivity index (χ1) is 35.5. The van der Waals surface area contributed by atoms with Crippen molar-refractivity contribution in [2.45, 2.75) is 316 Å². The Bertz CT molecular complexity index is 1340. The second-order valence-corrected chi connectivity index (χ2v) is 20.6. The summed E-state index contributed by atoms with van der Waals surface area (Å²) in [5.41, 5.74) is 0. The third kappa shape index (κ3) is 57.7. The Hall–Kier alpha value is -3.15. The Morgan fingerprint density at radius 2 is 0.542 bits per heavy atom. The fraction of sp³-hybridized carbons (Fsp3) is 0.773. The van der Waals surface area contributed by atoms with Gasteiger partial charge < -0.3 is 14.2 Å². The van der Waals surface area contributed by atoms with E-state index in [-0.39, 0.29) is 31.1 Å². The second kappa shape index (κ2) is 60.4. The third-order valence-electron chi connectivity index (χ3n) is 13.5. The molecule has 0 heterocycles. The lowest BCUT2D eigenvalue weighted by Crippen LogP contribution is -2.30. The Morgan fingerprint density at radius 1 is 0.292 bits per heavy atom. The maximum atomic E-state index is 12.9. The van der Waals surface area contributed by atoms with E-state index >= 15 is 0 Å². The molecule has 0 fully saturated rings. The van der Waals surface area contributed by atoms with Gasteiger partial charge in [0.25, 0.3) is 0 Å². The van der Waals surface area contributed by atoms with Gasteiger partial charge >= 0.3 is 17.9 Å². The highest BCUT2D eigenvalue weighted by atomic mass is 16.6. The van der Waals surface area contributed by atoms with Crippen molar-refractivity contribution in [3.8, 4) is 0 Å². The van der Waals surface area contributed by atoms with E-state index in [1.807, 2.05) is 0 Å². The smallest absolute Gasteiger partial charge is 0.306 e. The highest BCUT2D eigenvalue weighted by molar-refractivity contribution is 5.71. The molecule has 1 unspecified atom stereocenters. The van der Waals surface area contributed by atoms with E-state index in [4.69, 9.17) is 14.2 Å². The molecule has 1 atom stereocenters. The van der Waals surface area contributed by atoms with E-state index in [1.165, 1.54) is 167 Å². The van der Waals surface area contributed by atoms with Gasteiger partial charge in [-0.3, -0.25) is 14.4 Å². The molecule has 0 aliphatic rings. The number of hydrogen-bond donors (Lipinski definition) is 0. The van der Waals surface area contributed by atoms with Crippen LogP contribution < -0.4 is 0 Å². The number of allylic oxidation sites excluding steroid dienone is 12. The molecular formula is C66H116O6. The fourth-order valence-corrected chi connectivity index (χ4v) is 8.86. The summed E-state index contributed by atoms with van der Waals surface area (Å²) in [5.74, 6) is -0.880. The Labute approximate surface area is 446 Å². The lowest BCUT2D eigenvalue weighted by molar-refractivity contribution is -0.167. The van der Waals surface area contributed by atoms with Crippen molar-refractivity contribution in [2.75, 3.05) is 13.2 Å². The van der Waals surface area contributed by atoms with Crippen molar-refractivity contribution in [3.63, 3.8) is 0 Å². The van der Waals surface area contributed by atoms with Crippen LogP contribution in [0.5, 0.6) is 0 Å². The molecular weight excluding hydrogens is 889 g/mol. The van der Waals surface area contributed by atoms with Crippen molar-refractivity contribution in [1.29, 1.82) is 0 Å². The zero-order chi connectivity index (χ0) is 52.2. The van der Waals surface area contributed by atoms with E-state index in [0.29, 0.717) is 19.3 Å². The molecule has 0 aliphatic heterocycles. The van der Waals surface area contributed by atoms with E-state index in [9.17, 15) is 14.4 Å². The standard InChI is InChI=1S/C66H116O6/c1-4-7-10-13-16-19-21-23-25-27-29-31-32-33-34-35-37-38-40-42-44-47-50-53-56-59-65(68)71-62-63(61-70-64(67)58-55-52-49-46-18-15-12-9-6-3)72-66(69)60-57-54-51-48-45-43-41-39-36-30-28-26-24-22-20-17-14-11-8-5-2/h7,10,16,19,23,25,29,31,33-34,37-38,63H,4-6,8-9,11-15,17-18,20-22,24,26-28,30,32,35-36,39-62H2,1-3H3/b10-7-,19-16-,25-23-,31-29-,34-33-,38-37-. The van der Waals surface area contributed by atoms with Gasteiger partial charge in [-0.05, 0) is 70.6 Å². The minimum Gasteiger partial charge on any atom is -0.462 e. The molecule has 6 nitrogen and oxygen atoms in total. The van der Waals surface area contributed by atoms with Crippen LogP contribution in [0.1, 0.15) is 310 Å². The number of unbranched alkanes of at least 4 members (excludes halogenated alkanes) is 33. The SMILES string of the molecule is CC/C=C\C/C=C\C/C=C\C/C=C\C/C=C\C/C=C\CCCCCCCCC(=O)OCC(COC(=O)CCCCCCCCCCC)OC(=O)CCCCCCCCCCCCCCCCCCCCCC. The summed E-state index contributed by atoms with van der Waals surface area (Å²) in [4.78, 5) is 38.1. The largest absolute Gasteiger partial charge is 0.462 e. The van der Waals surface area contributed by atoms with Gasteiger partial charge in [0.05, 0.1) is 0 Å². The van der Waals surface area contributed by atoms with Crippen LogP contribution in [0.2, 0.25) is 0 Å². The fourth-order valence-electron chi connectivity index (χ4n) is 8.86. The lowest BCUT2D eigenvalue weighted by Gasteiger charge is -2.18. The first-order valence-corrected chi connectivity index (χ1v) is 30.9. The summed E-state index contributed by atoms with van der Waals surface area (Å²) in [7, 11) is 0. The summed E-state index contributed by atoms with van der Waals surface area (Å²) < 4.78 is 16.9. The van der Waals surface area contributed by atoms with Crippen molar-refractivity contribution in [1.82, 2.24) is 0 Å². The first-order valence-electron chi connectivity index (χ1n) is 30.9. The van der Waals surface area contributed by atoms with Crippen LogP contribution in [0.3, 0.4) is 0 Å². The normalized spacial score (nSPS) is 12.5. The van der Waals surface area contributed by atoms with E-state index in [1.54, 1.807) is 0 Å². The van der Waals surface area contributed by atoms with Crippen LogP contribution in [0.15, 0.2) is 72.9 Å². The highest BCUT2D eigenvalue weighted by Crippen LogP contribution is 2.17. The van der Waals surface area contributed by atoms with Gasteiger partial charge in [-0.2, -0.15) is 0 Å². The van der Waals surface area contributed by atoms with Crippen molar-refractivity contribution in [3.05, 3.63) is 72.9 Å². The molecule has 0 spiro atoms. The van der Waals surface area contributed by atoms with Crippen molar-refractivity contribution in [2.24, 2.45) is 0 Å². The Morgan fingerprint density at radius 3 is 0.847 bits per heavy atom. The molecule has 0 amide bonds. The number of carbonyl (C=O) groups is 3. The summed E-state index contributed by atoms with van der Waals surface area (Å²) in [6.45, 7) is 6.53. The molecule has 0 saturated heterocycles. The zero-order valence-corrected chi connectivity index (χ0v) is 47.7. The molecule has 0 aromatic rings. The van der Waals surface area contributed by atoms with E-state index in [2.05, 4.69) is 93.7 Å². The molecule has 0 saturated carbocycles. The molecule has 0 radical (unpaired) electrons.